The number of likely N-dealkylation sites (N-methyl/N-ethyl adjacent to an activating group) is 1. The Morgan fingerprint density at radius 1 is 1.00 bits per heavy atom. The summed E-state index contributed by atoms with van der Waals surface area (Å²) in [5.41, 5.74) is 0.837. The molecule has 2 atom stereocenters. The Labute approximate surface area is 121 Å². The zero-order chi connectivity index (χ0) is 14.7. The first-order chi connectivity index (χ1) is 8.59. The summed E-state index contributed by atoms with van der Waals surface area (Å²) in [5.74, 6) is 0.853. The topological polar surface area (TPSA) is 15.3 Å². The molecule has 1 aliphatic rings. The van der Waals surface area contributed by atoms with Crippen molar-refractivity contribution >= 4 is 0 Å². The van der Waals surface area contributed by atoms with Gasteiger partial charge >= 0.3 is 0 Å². The summed E-state index contributed by atoms with van der Waals surface area (Å²) in [6.07, 6.45) is 2.70. The smallest absolute Gasteiger partial charge is 0.0198 e. The van der Waals surface area contributed by atoms with Crippen molar-refractivity contribution in [2.45, 2.75) is 67.3 Å². The van der Waals surface area contributed by atoms with Crippen molar-refractivity contribution < 1.29 is 0 Å². The van der Waals surface area contributed by atoms with Crippen molar-refractivity contribution in [2.75, 3.05) is 26.2 Å². The summed E-state index contributed by atoms with van der Waals surface area (Å²) in [6.45, 7) is 21.2. The zero-order valence-electron chi connectivity index (χ0n) is 14.3. The van der Waals surface area contributed by atoms with Crippen LogP contribution in [0.1, 0.15) is 61.3 Å². The van der Waals surface area contributed by atoms with Gasteiger partial charge in [0.05, 0.1) is 0 Å². The number of likely N-dealkylation sites (tertiary alicyclic amines) is 1. The zero-order valence-corrected chi connectivity index (χ0v) is 14.3. The van der Waals surface area contributed by atoms with Gasteiger partial charge in [-0.15, -0.1) is 0 Å². The van der Waals surface area contributed by atoms with Crippen LogP contribution in [0.2, 0.25) is 0 Å². The molecule has 1 fully saturated rings. The highest BCUT2D eigenvalue weighted by Crippen LogP contribution is 2.30. The molecule has 0 aromatic heterocycles. The first-order valence-corrected chi connectivity index (χ1v) is 8.05. The van der Waals surface area contributed by atoms with E-state index in [1.54, 1.807) is 0 Å². The Hall–Kier alpha value is -0.0800. The first kappa shape index (κ1) is 17.0. The Balaban J connectivity index is 2.52. The summed E-state index contributed by atoms with van der Waals surface area (Å²) in [4.78, 5) is 2.63. The molecule has 0 spiro atoms. The van der Waals surface area contributed by atoms with Crippen molar-refractivity contribution in [3.63, 3.8) is 0 Å². The van der Waals surface area contributed by atoms with Crippen molar-refractivity contribution in [1.29, 1.82) is 0 Å². The fourth-order valence-electron chi connectivity index (χ4n) is 3.17. The highest BCUT2D eigenvalue weighted by Gasteiger charge is 2.29. The minimum Gasteiger partial charge on any atom is -0.312 e. The third kappa shape index (κ3) is 7.31. The van der Waals surface area contributed by atoms with Gasteiger partial charge in [-0.2, -0.15) is 0 Å². The number of rotatable bonds is 4. The Bertz CT molecular complexity index is 259. The Morgan fingerprint density at radius 2 is 1.63 bits per heavy atom. The SMILES string of the molecule is CCN1CC(CC(C)(C)C)CC(NCC(C)(C)C)C1. The van der Waals surface area contributed by atoms with Crippen LogP contribution >= 0.6 is 0 Å². The van der Waals surface area contributed by atoms with Crippen molar-refractivity contribution in [3.8, 4) is 0 Å². The molecule has 1 saturated heterocycles. The third-order valence-electron chi connectivity index (χ3n) is 3.88. The van der Waals surface area contributed by atoms with Gasteiger partial charge in [-0.1, -0.05) is 48.5 Å². The van der Waals surface area contributed by atoms with Gasteiger partial charge in [-0.05, 0) is 36.1 Å². The van der Waals surface area contributed by atoms with E-state index in [0.717, 1.165) is 12.5 Å². The van der Waals surface area contributed by atoms with Crippen LogP contribution in [0.5, 0.6) is 0 Å². The number of nitrogens with one attached hydrogen (secondary N) is 1. The van der Waals surface area contributed by atoms with E-state index in [9.17, 15) is 0 Å². The molecule has 0 saturated carbocycles. The average Bonchev–Trinajstić information content (AvgIpc) is 2.22. The molecule has 2 nitrogen and oxygen atoms in total. The molecule has 0 amide bonds. The van der Waals surface area contributed by atoms with Crippen LogP contribution in [-0.4, -0.2) is 37.1 Å². The lowest BCUT2D eigenvalue weighted by Crippen LogP contribution is -2.51. The van der Waals surface area contributed by atoms with Gasteiger partial charge in [0, 0.05) is 25.7 Å². The molecule has 1 aliphatic heterocycles. The number of hydrogen-bond acceptors (Lipinski definition) is 2. The van der Waals surface area contributed by atoms with Gasteiger partial charge in [0.2, 0.25) is 0 Å². The van der Waals surface area contributed by atoms with Crippen molar-refractivity contribution in [3.05, 3.63) is 0 Å². The van der Waals surface area contributed by atoms with Crippen LogP contribution < -0.4 is 5.32 Å². The molecule has 114 valence electrons. The van der Waals surface area contributed by atoms with E-state index in [-0.39, 0.29) is 0 Å². The molecular weight excluding hydrogens is 232 g/mol. The van der Waals surface area contributed by atoms with E-state index in [1.165, 1.54) is 32.5 Å². The molecule has 0 aliphatic carbocycles. The normalized spacial score (nSPS) is 26.7. The quantitative estimate of drug-likeness (QED) is 0.835. The van der Waals surface area contributed by atoms with Gasteiger partial charge in [-0.3, -0.25) is 0 Å². The van der Waals surface area contributed by atoms with Crippen LogP contribution in [-0.2, 0) is 0 Å². The van der Waals surface area contributed by atoms with Crippen LogP contribution in [0.4, 0.5) is 0 Å². The number of piperidine rings is 1. The lowest BCUT2D eigenvalue weighted by atomic mass is 9.80. The molecule has 0 aromatic rings. The maximum Gasteiger partial charge on any atom is 0.0198 e. The minimum absolute atomic E-state index is 0.383. The van der Waals surface area contributed by atoms with E-state index in [4.69, 9.17) is 0 Å². The second kappa shape index (κ2) is 6.58. The molecule has 2 unspecified atom stereocenters. The average molecular weight is 268 g/mol. The van der Waals surface area contributed by atoms with E-state index in [2.05, 4.69) is 58.7 Å². The summed E-state index contributed by atoms with van der Waals surface area (Å²) in [7, 11) is 0. The minimum atomic E-state index is 0.383. The van der Waals surface area contributed by atoms with E-state index < -0.39 is 0 Å². The lowest BCUT2D eigenvalue weighted by molar-refractivity contribution is 0.114. The number of nitrogens with zero attached hydrogens (tertiary/aromatic N) is 1. The molecule has 19 heavy (non-hydrogen) atoms. The predicted molar refractivity (Wildman–Crippen MR) is 85.5 cm³/mol. The van der Waals surface area contributed by atoms with Crippen LogP contribution in [0, 0.1) is 16.7 Å². The second-order valence-electron chi connectivity index (χ2n) is 8.86. The van der Waals surface area contributed by atoms with Gasteiger partial charge in [0.1, 0.15) is 0 Å². The van der Waals surface area contributed by atoms with Gasteiger partial charge < -0.3 is 10.2 Å². The molecule has 1 rings (SSSR count). The van der Waals surface area contributed by atoms with Crippen LogP contribution in [0.15, 0.2) is 0 Å². The summed E-state index contributed by atoms with van der Waals surface area (Å²) in [5, 5.41) is 3.80. The Kier molecular flexibility index (Phi) is 5.88. The molecule has 0 bridgehead atoms. The third-order valence-corrected chi connectivity index (χ3v) is 3.88. The van der Waals surface area contributed by atoms with E-state index >= 15 is 0 Å². The summed E-state index contributed by atoms with van der Waals surface area (Å²) < 4.78 is 0. The second-order valence-corrected chi connectivity index (χ2v) is 8.86. The number of hydrogen-bond donors (Lipinski definition) is 1. The summed E-state index contributed by atoms with van der Waals surface area (Å²) in [6, 6.07) is 0.681. The largest absolute Gasteiger partial charge is 0.312 e. The standard InChI is InChI=1S/C17H36N2/c1-8-19-11-14(10-16(2,3)4)9-15(12-19)18-13-17(5,6)7/h14-15,18H,8-13H2,1-7H3. The molecule has 0 radical (unpaired) electrons. The first-order valence-electron chi connectivity index (χ1n) is 8.05. The van der Waals surface area contributed by atoms with Crippen molar-refractivity contribution in [2.24, 2.45) is 16.7 Å². The fraction of sp³-hybridized carbons (Fsp3) is 1.00. The molecule has 2 heteroatoms. The lowest BCUT2D eigenvalue weighted by Gasteiger charge is -2.40. The van der Waals surface area contributed by atoms with E-state index in [1.807, 2.05) is 0 Å². The monoisotopic (exact) mass is 268 g/mol. The maximum atomic E-state index is 3.80. The van der Waals surface area contributed by atoms with Gasteiger partial charge in [0.15, 0.2) is 0 Å². The molecular formula is C17H36N2. The maximum absolute atomic E-state index is 3.80. The molecule has 1 heterocycles. The van der Waals surface area contributed by atoms with Crippen LogP contribution in [0.3, 0.4) is 0 Å². The Morgan fingerprint density at radius 3 is 2.11 bits per heavy atom. The van der Waals surface area contributed by atoms with Crippen LogP contribution in [0.25, 0.3) is 0 Å². The molecule has 1 N–H and O–H groups in total. The predicted octanol–water partition coefficient (Wildman–Crippen LogP) is 3.77. The van der Waals surface area contributed by atoms with Gasteiger partial charge in [0.25, 0.3) is 0 Å². The summed E-state index contributed by atoms with van der Waals surface area (Å²) >= 11 is 0. The highest BCUT2D eigenvalue weighted by atomic mass is 15.2. The van der Waals surface area contributed by atoms with E-state index in [0.29, 0.717) is 16.9 Å². The molecule has 0 aromatic carbocycles. The van der Waals surface area contributed by atoms with Gasteiger partial charge in [-0.25, -0.2) is 0 Å². The fourth-order valence-corrected chi connectivity index (χ4v) is 3.17. The highest BCUT2D eigenvalue weighted by molar-refractivity contribution is 4.86. The van der Waals surface area contributed by atoms with Crippen molar-refractivity contribution in [1.82, 2.24) is 10.2 Å².